The lowest BCUT2D eigenvalue weighted by molar-refractivity contribution is -0.118. The van der Waals surface area contributed by atoms with Crippen molar-refractivity contribution in [2.45, 2.75) is 39.2 Å². The Hall–Kier alpha value is -2.53. The van der Waals surface area contributed by atoms with E-state index < -0.39 is 0 Å². The molecule has 0 radical (unpaired) electrons. The zero-order valence-corrected chi connectivity index (χ0v) is 18.0. The third-order valence-corrected chi connectivity index (χ3v) is 5.54. The highest BCUT2D eigenvalue weighted by atomic mass is 16.5. The van der Waals surface area contributed by atoms with Crippen molar-refractivity contribution in [2.75, 3.05) is 37.4 Å². The van der Waals surface area contributed by atoms with Crippen LogP contribution in [-0.2, 0) is 10.3 Å². The van der Waals surface area contributed by atoms with E-state index in [-0.39, 0.29) is 17.4 Å². The molecule has 2 aromatic rings. The van der Waals surface area contributed by atoms with Crippen LogP contribution in [0.5, 0.6) is 5.75 Å². The molecule has 0 spiro atoms. The van der Waals surface area contributed by atoms with Crippen LogP contribution >= 0.6 is 0 Å². The largest absolute Gasteiger partial charge is 0.497 e. The van der Waals surface area contributed by atoms with E-state index in [1.54, 1.807) is 7.11 Å². The fourth-order valence-corrected chi connectivity index (χ4v) is 3.80. The van der Waals surface area contributed by atoms with Gasteiger partial charge in [0.25, 0.3) is 0 Å². The third kappa shape index (κ3) is 5.51. The molecule has 2 aromatic carbocycles. The highest BCUT2D eigenvalue weighted by Crippen LogP contribution is 2.31. The Morgan fingerprint density at radius 2 is 1.76 bits per heavy atom. The van der Waals surface area contributed by atoms with Gasteiger partial charge in [0, 0.05) is 23.8 Å². The number of anilines is 2. The van der Waals surface area contributed by atoms with Crippen molar-refractivity contribution in [3.05, 3.63) is 54.1 Å². The molecule has 2 N–H and O–H groups in total. The number of benzene rings is 2. The number of hydrogen-bond donors (Lipinski definition) is 2. The number of likely N-dealkylation sites (tertiary alicyclic amines) is 1. The molecule has 5 nitrogen and oxygen atoms in total. The molecule has 1 amide bonds. The first-order chi connectivity index (χ1) is 13.9. The van der Waals surface area contributed by atoms with E-state index >= 15 is 0 Å². The molecule has 3 rings (SSSR count). The van der Waals surface area contributed by atoms with Gasteiger partial charge in [-0.3, -0.25) is 4.79 Å². The Bertz CT molecular complexity index is 813. The summed E-state index contributed by atoms with van der Waals surface area (Å²) in [7, 11) is 1.70. The second-order valence-electron chi connectivity index (χ2n) is 8.39. The molecule has 0 saturated carbocycles. The average molecular weight is 396 g/mol. The van der Waals surface area contributed by atoms with Crippen LogP contribution in [0, 0.1) is 5.92 Å². The predicted molar refractivity (Wildman–Crippen MR) is 120 cm³/mol. The summed E-state index contributed by atoms with van der Waals surface area (Å²) in [6.07, 6.45) is 2.52. The quantitative estimate of drug-likeness (QED) is 0.679. The van der Waals surface area contributed by atoms with Crippen molar-refractivity contribution >= 4 is 17.3 Å². The lowest BCUT2D eigenvalue weighted by Gasteiger charge is -2.36. The summed E-state index contributed by atoms with van der Waals surface area (Å²) in [6, 6.07) is 16.2. The molecule has 0 aliphatic carbocycles. The number of nitrogens with zero attached hydrogens (tertiary/aromatic N) is 1. The van der Waals surface area contributed by atoms with Gasteiger partial charge < -0.3 is 20.3 Å². The molecule has 1 unspecified atom stereocenters. The second kappa shape index (κ2) is 9.31. The third-order valence-electron chi connectivity index (χ3n) is 5.54. The number of nitrogens with one attached hydrogen (secondary N) is 2. The highest BCUT2D eigenvalue weighted by Gasteiger charge is 2.30. The first kappa shape index (κ1) is 21.2. The van der Waals surface area contributed by atoms with Gasteiger partial charge in [-0.15, -0.1) is 0 Å². The van der Waals surface area contributed by atoms with E-state index in [9.17, 15) is 4.79 Å². The predicted octanol–water partition coefficient (Wildman–Crippen LogP) is 4.71. The molecule has 1 saturated heterocycles. The number of carbonyl (C=O) groups is 1. The van der Waals surface area contributed by atoms with Crippen LogP contribution in [0.25, 0.3) is 0 Å². The van der Waals surface area contributed by atoms with Gasteiger partial charge in [-0.1, -0.05) is 26.0 Å². The number of amides is 1. The minimum atomic E-state index is -0.262. The van der Waals surface area contributed by atoms with Crippen LogP contribution in [0.2, 0.25) is 0 Å². The Balaban J connectivity index is 1.81. The summed E-state index contributed by atoms with van der Waals surface area (Å²) < 4.78 is 5.46. The van der Waals surface area contributed by atoms with E-state index in [0.717, 1.165) is 36.8 Å². The van der Waals surface area contributed by atoms with Gasteiger partial charge in [0.05, 0.1) is 12.6 Å². The minimum absolute atomic E-state index is 0.0287. The maximum atomic E-state index is 11.9. The Morgan fingerprint density at radius 1 is 1.10 bits per heavy atom. The SMILES string of the molecule is COc1cccc(C(C)(CN2CCCC2)Nc2ccc(NC(=O)C(C)C)cc2)c1. The van der Waals surface area contributed by atoms with Gasteiger partial charge in [-0.2, -0.15) is 0 Å². The van der Waals surface area contributed by atoms with Gasteiger partial charge in [0.1, 0.15) is 5.75 Å². The number of hydrogen-bond acceptors (Lipinski definition) is 4. The van der Waals surface area contributed by atoms with Crippen LogP contribution in [-0.4, -0.2) is 37.6 Å². The van der Waals surface area contributed by atoms with Crippen LogP contribution in [0.3, 0.4) is 0 Å². The Kier molecular flexibility index (Phi) is 6.80. The van der Waals surface area contributed by atoms with Crippen LogP contribution in [0.15, 0.2) is 48.5 Å². The summed E-state index contributed by atoms with van der Waals surface area (Å²) in [5, 5.41) is 6.69. The van der Waals surface area contributed by atoms with Crippen molar-refractivity contribution in [3.63, 3.8) is 0 Å². The molecule has 0 bridgehead atoms. The van der Waals surface area contributed by atoms with Gasteiger partial charge in [-0.05, 0) is 74.8 Å². The van der Waals surface area contributed by atoms with Gasteiger partial charge in [0.2, 0.25) is 5.91 Å². The summed E-state index contributed by atoms with van der Waals surface area (Å²) in [4.78, 5) is 14.4. The number of methoxy groups -OCH3 is 1. The average Bonchev–Trinajstić information content (AvgIpc) is 3.22. The van der Waals surface area contributed by atoms with Crippen molar-refractivity contribution < 1.29 is 9.53 Å². The van der Waals surface area contributed by atoms with Crippen molar-refractivity contribution in [1.29, 1.82) is 0 Å². The zero-order valence-electron chi connectivity index (χ0n) is 18.0. The molecule has 1 heterocycles. The maximum absolute atomic E-state index is 11.9. The fourth-order valence-electron chi connectivity index (χ4n) is 3.80. The van der Waals surface area contributed by atoms with Gasteiger partial charge in [-0.25, -0.2) is 0 Å². The molecule has 1 aliphatic rings. The van der Waals surface area contributed by atoms with E-state index in [1.165, 1.54) is 18.4 Å². The monoisotopic (exact) mass is 395 g/mol. The number of rotatable bonds is 8. The molecule has 1 aliphatic heterocycles. The van der Waals surface area contributed by atoms with Crippen molar-refractivity contribution in [2.24, 2.45) is 5.92 Å². The standard InChI is InChI=1S/C24H33N3O2/c1-18(2)23(28)25-20-10-12-21(13-11-20)26-24(3,17-27-14-5-6-15-27)19-8-7-9-22(16-19)29-4/h7-13,16,18,26H,5-6,14-15,17H2,1-4H3,(H,25,28). The van der Waals surface area contributed by atoms with Crippen LogP contribution in [0.4, 0.5) is 11.4 Å². The fraction of sp³-hybridized carbons (Fsp3) is 0.458. The van der Waals surface area contributed by atoms with Gasteiger partial charge in [0.15, 0.2) is 0 Å². The van der Waals surface area contributed by atoms with E-state index in [1.807, 2.05) is 50.2 Å². The molecular formula is C24H33N3O2. The maximum Gasteiger partial charge on any atom is 0.226 e. The normalized spacial score (nSPS) is 16.4. The first-order valence-corrected chi connectivity index (χ1v) is 10.5. The van der Waals surface area contributed by atoms with Crippen molar-refractivity contribution in [1.82, 2.24) is 4.90 Å². The minimum Gasteiger partial charge on any atom is -0.497 e. The summed E-state index contributed by atoms with van der Waals surface area (Å²) in [5.74, 6) is 0.856. The molecule has 156 valence electrons. The first-order valence-electron chi connectivity index (χ1n) is 10.5. The second-order valence-corrected chi connectivity index (χ2v) is 8.39. The molecule has 5 heteroatoms. The smallest absolute Gasteiger partial charge is 0.226 e. The highest BCUT2D eigenvalue weighted by molar-refractivity contribution is 5.92. The summed E-state index contributed by atoms with van der Waals surface area (Å²) >= 11 is 0. The molecule has 1 fully saturated rings. The van der Waals surface area contributed by atoms with Crippen LogP contribution in [0.1, 0.15) is 39.2 Å². The van der Waals surface area contributed by atoms with Crippen molar-refractivity contribution in [3.8, 4) is 5.75 Å². The van der Waals surface area contributed by atoms with E-state index in [2.05, 4.69) is 34.6 Å². The number of carbonyl (C=O) groups excluding carboxylic acids is 1. The molecular weight excluding hydrogens is 362 g/mol. The lowest BCUT2D eigenvalue weighted by atomic mass is 9.90. The zero-order chi connectivity index (χ0) is 20.9. The van der Waals surface area contributed by atoms with Gasteiger partial charge >= 0.3 is 0 Å². The summed E-state index contributed by atoms with van der Waals surface area (Å²) in [6.45, 7) is 9.23. The summed E-state index contributed by atoms with van der Waals surface area (Å²) in [5.41, 5.74) is 2.77. The van der Waals surface area contributed by atoms with E-state index in [4.69, 9.17) is 4.74 Å². The molecule has 0 aromatic heterocycles. The number of ether oxygens (including phenoxy) is 1. The molecule has 29 heavy (non-hydrogen) atoms. The Labute approximate surface area is 174 Å². The Morgan fingerprint density at radius 3 is 2.38 bits per heavy atom. The van der Waals surface area contributed by atoms with Crippen LogP contribution < -0.4 is 15.4 Å². The molecule has 1 atom stereocenters. The topological polar surface area (TPSA) is 53.6 Å². The lowest BCUT2D eigenvalue weighted by Crippen LogP contribution is -2.43. The van der Waals surface area contributed by atoms with E-state index in [0.29, 0.717) is 0 Å².